The van der Waals surface area contributed by atoms with Gasteiger partial charge in [0.05, 0.1) is 0 Å². The lowest BCUT2D eigenvalue weighted by molar-refractivity contribution is 0.381. The van der Waals surface area contributed by atoms with Crippen molar-refractivity contribution in [1.82, 2.24) is 0 Å². The number of nitrogens with zero attached hydrogens (tertiary/aromatic N) is 1. The fourth-order valence-electron chi connectivity index (χ4n) is 1.42. The van der Waals surface area contributed by atoms with Gasteiger partial charge in [-0.25, -0.2) is 22.0 Å². The van der Waals surface area contributed by atoms with E-state index < -0.39 is 34.8 Å². The van der Waals surface area contributed by atoms with Crippen LogP contribution in [0.4, 0.5) is 27.6 Å². The van der Waals surface area contributed by atoms with Crippen molar-refractivity contribution in [3.05, 3.63) is 53.4 Å². The molecule has 0 unspecified atom stereocenters. The van der Waals surface area contributed by atoms with E-state index in [1.165, 1.54) is 0 Å². The van der Waals surface area contributed by atoms with Crippen molar-refractivity contribution in [2.75, 3.05) is 0 Å². The van der Waals surface area contributed by atoms with Gasteiger partial charge in [-0.3, -0.25) is 4.99 Å². The van der Waals surface area contributed by atoms with Crippen LogP contribution in [0.5, 0.6) is 0 Å². The lowest BCUT2D eigenvalue weighted by Gasteiger charge is -2.04. The highest BCUT2D eigenvalue weighted by Crippen LogP contribution is 2.29. The topological polar surface area (TPSA) is 12.4 Å². The van der Waals surface area contributed by atoms with E-state index in [2.05, 4.69) is 4.99 Å². The van der Waals surface area contributed by atoms with Crippen LogP contribution in [0, 0.1) is 35.0 Å². The third-order valence-corrected chi connectivity index (χ3v) is 2.34. The maximum atomic E-state index is 13.2. The second kappa shape index (κ2) is 4.72. The van der Waals surface area contributed by atoms with E-state index in [1.54, 1.807) is 24.3 Å². The summed E-state index contributed by atoms with van der Waals surface area (Å²) in [5.74, 6) is -10.4. The van der Waals surface area contributed by atoms with Crippen LogP contribution in [0.1, 0.15) is 0 Å². The molecule has 6 heteroatoms. The van der Waals surface area contributed by atoms with Gasteiger partial charge in [0, 0.05) is 12.1 Å². The van der Waals surface area contributed by atoms with Crippen LogP contribution in [0.15, 0.2) is 29.3 Å². The fourth-order valence-corrected chi connectivity index (χ4v) is 1.42. The second-order valence-electron chi connectivity index (χ2n) is 3.54. The summed E-state index contributed by atoms with van der Waals surface area (Å²) in [6.07, 6.45) is 7.74. The van der Waals surface area contributed by atoms with Crippen LogP contribution in [-0.4, -0.2) is 6.21 Å². The van der Waals surface area contributed by atoms with E-state index in [0.29, 0.717) is 0 Å². The summed E-state index contributed by atoms with van der Waals surface area (Å²) in [6.45, 7) is 0. The predicted molar refractivity (Wildman–Crippen MR) is 56.2 cm³/mol. The van der Waals surface area contributed by atoms with Crippen molar-refractivity contribution in [2.24, 2.45) is 10.9 Å². The summed E-state index contributed by atoms with van der Waals surface area (Å²) in [7, 11) is 0. The maximum Gasteiger partial charge on any atom is 0.200 e. The molecule has 94 valence electrons. The first kappa shape index (κ1) is 12.5. The quantitative estimate of drug-likeness (QED) is 0.331. The molecule has 1 aliphatic rings. The molecule has 0 radical (unpaired) electrons. The van der Waals surface area contributed by atoms with Crippen molar-refractivity contribution in [1.29, 1.82) is 0 Å². The molecule has 1 nitrogen and oxygen atoms in total. The third-order valence-electron chi connectivity index (χ3n) is 2.34. The van der Waals surface area contributed by atoms with Gasteiger partial charge in [0.2, 0.25) is 5.82 Å². The SMILES string of the molecule is Fc1c(F)c(F)c(N=CC2C=CC=C2)c(F)c1F. The molecule has 0 N–H and O–H groups in total. The van der Waals surface area contributed by atoms with Crippen molar-refractivity contribution in [2.45, 2.75) is 0 Å². The van der Waals surface area contributed by atoms with E-state index in [-0.39, 0.29) is 5.92 Å². The minimum absolute atomic E-state index is 0.319. The highest BCUT2D eigenvalue weighted by Gasteiger charge is 2.25. The van der Waals surface area contributed by atoms with Gasteiger partial charge in [-0.2, -0.15) is 0 Å². The Morgan fingerprint density at radius 3 is 1.72 bits per heavy atom. The lowest BCUT2D eigenvalue weighted by atomic mass is 10.2. The van der Waals surface area contributed by atoms with Gasteiger partial charge in [0.1, 0.15) is 5.69 Å². The molecule has 0 amide bonds. The monoisotopic (exact) mass is 259 g/mol. The standard InChI is InChI=1S/C12H6F5N/c13-7-8(14)10(16)12(11(17)9(7)15)18-5-6-3-1-2-4-6/h1-6H. The zero-order valence-electron chi connectivity index (χ0n) is 8.80. The largest absolute Gasteiger partial charge is 0.254 e. The highest BCUT2D eigenvalue weighted by atomic mass is 19.2. The van der Waals surface area contributed by atoms with Crippen LogP contribution in [0.25, 0.3) is 0 Å². The number of hydrogen-bond acceptors (Lipinski definition) is 1. The first-order valence-electron chi connectivity index (χ1n) is 4.93. The molecule has 0 saturated carbocycles. The van der Waals surface area contributed by atoms with Gasteiger partial charge in [0.25, 0.3) is 0 Å². The van der Waals surface area contributed by atoms with Crippen molar-refractivity contribution in [3.8, 4) is 0 Å². The molecule has 1 aromatic rings. The van der Waals surface area contributed by atoms with Crippen molar-refractivity contribution < 1.29 is 22.0 Å². The summed E-state index contributed by atoms with van der Waals surface area (Å²) < 4.78 is 64.8. The smallest absolute Gasteiger partial charge is 0.200 e. The van der Waals surface area contributed by atoms with Gasteiger partial charge in [-0.05, 0) is 0 Å². The number of benzene rings is 1. The molecular weight excluding hydrogens is 253 g/mol. The minimum Gasteiger partial charge on any atom is -0.254 e. The number of halogens is 5. The number of hydrogen-bond donors (Lipinski definition) is 0. The molecule has 2 rings (SSSR count). The molecular formula is C12H6F5N. The minimum atomic E-state index is -2.19. The lowest BCUT2D eigenvalue weighted by Crippen LogP contribution is -2.01. The Hall–Kier alpha value is -1.98. The average molecular weight is 259 g/mol. The fraction of sp³-hybridized carbons (Fsp3) is 0.0833. The number of rotatable bonds is 2. The van der Waals surface area contributed by atoms with Crippen LogP contribution < -0.4 is 0 Å². The predicted octanol–water partition coefficient (Wildman–Crippen LogP) is 3.83. The summed E-state index contributed by atoms with van der Waals surface area (Å²) in [4.78, 5) is 3.33. The van der Waals surface area contributed by atoms with E-state index in [4.69, 9.17) is 0 Å². The van der Waals surface area contributed by atoms with E-state index in [0.717, 1.165) is 6.21 Å². The molecule has 0 bridgehead atoms. The first-order valence-corrected chi connectivity index (χ1v) is 4.93. The van der Waals surface area contributed by atoms with Crippen molar-refractivity contribution >= 4 is 11.9 Å². The van der Waals surface area contributed by atoms with E-state index >= 15 is 0 Å². The Balaban J connectivity index is 2.44. The molecule has 0 aliphatic heterocycles. The van der Waals surface area contributed by atoms with Crippen LogP contribution in [-0.2, 0) is 0 Å². The van der Waals surface area contributed by atoms with Crippen LogP contribution in [0.3, 0.4) is 0 Å². The Labute approximate surface area is 99.0 Å². The normalized spacial score (nSPS) is 15.2. The summed E-state index contributed by atoms with van der Waals surface area (Å²) in [6, 6.07) is 0. The molecule has 1 aromatic carbocycles. The van der Waals surface area contributed by atoms with Gasteiger partial charge in [0.15, 0.2) is 23.3 Å². The molecule has 18 heavy (non-hydrogen) atoms. The Bertz CT molecular complexity index is 533. The Kier molecular flexibility index (Phi) is 3.27. The van der Waals surface area contributed by atoms with Gasteiger partial charge in [-0.1, -0.05) is 24.3 Å². The van der Waals surface area contributed by atoms with Gasteiger partial charge >= 0.3 is 0 Å². The first-order chi connectivity index (χ1) is 8.52. The van der Waals surface area contributed by atoms with E-state index in [9.17, 15) is 22.0 Å². The van der Waals surface area contributed by atoms with Gasteiger partial charge < -0.3 is 0 Å². The molecule has 0 saturated heterocycles. The van der Waals surface area contributed by atoms with Crippen molar-refractivity contribution in [3.63, 3.8) is 0 Å². The molecule has 0 spiro atoms. The summed E-state index contributed by atoms with van der Waals surface area (Å²) in [5, 5.41) is 0. The zero-order chi connectivity index (χ0) is 13.3. The number of allylic oxidation sites excluding steroid dienone is 4. The van der Waals surface area contributed by atoms with Gasteiger partial charge in [-0.15, -0.1) is 0 Å². The molecule has 0 heterocycles. The number of aliphatic imine (C=N–C) groups is 1. The van der Waals surface area contributed by atoms with E-state index in [1.807, 2.05) is 0 Å². The molecule has 0 fully saturated rings. The highest BCUT2D eigenvalue weighted by molar-refractivity contribution is 5.71. The average Bonchev–Trinajstić information content (AvgIpc) is 2.87. The maximum absolute atomic E-state index is 13.2. The Morgan fingerprint density at radius 1 is 0.778 bits per heavy atom. The molecule has 0 atom stereocenters. The molecule has 1 aliphatic carbocycles. The van der Waals surface area contributed by atoms with Crippen LogP contribution >= 0.6 is 0 Å². The Morgan fingerprint density at radius 2 is 1.22 bits per heavy atom. The summed E-state index contributed by atoms with van der Waals surface area (Å²) in [5.41, 5.74) is -1.18. The zero-order valence-corrected chi connectivity index (χ0v) is 8.80. The third kappa shape index (κ3) is 2.05. The second-order valence-corrected chi connectivity index (χ2v) is 3.54. The summed E-state index contributed by atoms with van der Waals surface area (Å²) >= 11 is 0. The van der Waals surface area contributed by atoms with Crippen LogP contribution in [0.2, 0.25) is 0 Å². The molecule has 0 aromatic heterocycles.